The van der Waals surface area contributed by atoms with E-state index in [-0.39, 0.29) is 18.2 Å². The Labute approximate surface area is 311 Å². The van der Waals surface area contributed by atoms with Gasteiger partial charge in [0.1, 0.15) is 29.2 Å². The van der Waals surface area contributed by atoms with E-state index in [2.05, 4.69) is 43.4 Å². The Morgan fingerprint density at radius 2 is 1.46 bits per heavy atom. The monoisotopic (exact) mass is 765 g/mol. The fourth-order valence-electron chi connectivity index (χ4n) is 5.62. The first kappa shape index (κ1) is 37.7. The van der Waals surface area contributed by atoms with E-state index < -0.39 is 11.7 Å². The summed E-state index contributed by atoms with van der Waals surface area (Å²) in [7, 11) is 0. The maximum absolute atomic E-state index is 12.3. The summed E-state index contributed by atoms with van der Waals surface area (Å²) in [5.41, 5.74) is 4.94. The van der Waals surface area contributed by atoms with Gasteiger partial charge in [-0.15, -0.1) is 0 Å². The molecule has 0 unspecified atom stereocenters. The lowest BCUT2D eigenvalue weighted by molar-refractivity contribution is 0.0503. The van der Waals surface area contributed by atoms with Crippen LogP contribution in [0.2, 0.25) is 0 Å². The van der Waals surface area contributed by atoms with Gasteiger partial charge in [0.15, 0.2) is 10.4 Å². The average Bonchev–Trinajstić information content (AvgIpc) is 3.85. The smallest absolute Gasteiger partial charge is 0.408 e. The molecule has 3 aromatic carbocycles. The molecule has 1 aliphatic carbocycles. The second kappa shape index (κ2) is 16.2. The summed E-state index contributed by atoms with van der Waals surface area (Å²) >= 11 is 3.19. The number of benzene rings is 3. The number of hydrogen-bond donors (Lipinski definition) is 1. The highest BCUT2D eigenvalue weighted by Crippen LogP contribution is 2.39. The number of carbonyl (C=O) groups is 1. The first-order chi connectivity index (χ1) is 24.7. The SMILES string of the molecule is CC(C)Oc1ccc(-c2ncc(-c3cccc4c3CC[C@H]4NC(=O)OC(C)(C)C)o2)cc1C#N.CC(C)Oc1ccc(-c2ncc(Br)o2)cc1C#N. The van der Waals surface area contributed by atoms with E-state index in [1.165, 1.54) is 0 Å². The lowest BCUT2D eigenvalue weighted by atomic mass is 10.0. The van der Waals surface area contributed by atoms with Crippen molar-refractivity contribution in [3.05, 3.63) is 93.9 Å². The summed E-state index contributed by atoms with van der Waals surface area (Å²) in [5, 5.41) is 21.6. The van der Waals surface area contributed by atoms with Gasteiger partial charge in [0, 0.05) is 16.7 Å². The number of halogens is 1. The summed E-state index contributed by atoms with van der Waals surface area (Å²) < 4.78 is 28.7. The molecular formula is C40H40BrN5O6. The Bertz CT molecular complexity index is 2130. The molecule has 0 spiro atoms. The van der Waals surface area contributed by atoms with Crippen LogP contribution in [-0.2, 0) is 11.2 Å². The zero-order valence-electron chi connectivity index (χ0n) is 30.1. The molecule has 268 valence electrons. The Kier molecular flexibility index (Phi) is 11.7. The number of ether oxygens (including phenoxy) is 3. The number of nitriles is 2. The van der Waals surface area contributed by atoms with Crippen LogP contribution in [0.1, 0.15) is 83.2 Å². The summed E-state index contributed by atoms with van der Waals surface area (Å²) in [6.45, 7) is 13.2. The van der Waals surface area contributed by atoms with E-state index >= 15 is 0 Å². The minimum atomic E-state index is -0.547. The van der Waals surface area contributed by atoms with Crippen molar-refractivity contribution in [1.82, 2.24) is 15.3 Å². The Morgan fingerprint density at radius 3 is 1.98 bits per heavy atom. The fraction of sp³-hybridized carbons (Fsp3) is 0.325. The molecule has 1 amide bonds. The molecule has 6 rings (SSSR count). The minimum Gasteiger partial charge on any atom is -0.490 e. The zero-order valence-corrected chi connectivity index (χ0v) is 31.7. The molecule has 0 bridgehead atoms. The third kappa shape index (κ3) is 9.39. The van der Waals surface area contributed by atoms with Crippen LogP contribution < -0.4 is 14.8 Å². The van der Waals surface area contributed by atoms with Gasteiger partial charge in [-0.05, 0) is 125 Å². The van der Waals surface area contributed by atoms with Gasteiger partial charge in [-0.1, -0.05) is 18.2 Å². The normalized spacial score (nSPS) is 13.4. The largest absolute Gasteiger partial charge is 0.490 e. The molecule has 1 atom stereocenters. The van der Waals surface area contributed by atoms with Crippen molar-refractivity contribution in [3.63, 3.8) is 0 Å². The van der Waals surface area contributed by atoms with Crippen molar-refractivity contribution in [2.45, 2.75) is 85.2 Å². The number of hydrogen-bond acceptors (Lipinski definition) is 10. The number of oxazole rings is 2. The topological polar surface area (TPSA) is 156 Å². The number of carbonyl (C=O) groups excluding carboxylic acids is 1. The molecule has 0 saturated carbocycles. The predicted octanol–water partition coefficient (Wildman–Crippen LogP) is 9.94. The molecule has 0 fully saturated rings. The summed E-state index contributed by atoms with van der Waals surface area (Å²) in [6.07, 6.45) is 4.44. The maximum atomic E-state index is 12.3. The number of amides is 1. The van der Waals surface area contributed by atoms with Crippen LogP contribution in [0.15, 0.2) is 80.5 Å². The molecule has 0 radical (unpaired) electrons. The minimum absolute atomic E-state index is 0.0267. The number of fused-ring (bicyclic) bond motifs is 1. The van der Waals surface area contributed by atoms with Crippen LogP contribution in [0.5, 0.6) is 11.5 Å². The number of rotatable bonds is 8. The molecule has 5 aromatic rings. The summed E-state index contributed by atoms with van der Waals surface area (Å²) in [5.74, 6) is 2.65. The first-order valence-corrected chi connectivity index (χ1v) is 17.6. The van der Waals surface area contributed by atoms with E-state index in [4.69, 9.17) is 28.3 Å². The average molecular weight is 767 g/mol. The summed E-state index contributed by atoms with van der Waals surface area (Å²) in [4.78, 5) is 20.8. The van der Waals surface area contributed by atoms with Crippen LogP contribution in [-0.4, -0.2) is 33.9 Å². The van der Waals surface area contributed by atoms with Gasteiger partial charge in [0.05, 0.1) is 41.8 Å². The molecule has 52 heavy (non-hydrogen) atoms. The highest BCUT2D eigenvalue weighted by Gasteiger charge is 2.29. The van der Waals surface area contributed by atoms with Crippen molar-refractivity contribution in [2.75, 3.05) is 0 Å². The Hall–Kier alpha value is -5.59. The van der Waals surface area contributed by atoms with Crippen molar-refractivity contribution >= 4 is 22.0 Å². The molecule has 12 heteroatoms. The highest BCUT2D eigenvalue weighted by atomic mass is 79.9. The zero-order chi connectivity index (χ0) is 37.6. The predicted molar refractivity (Wildman–Crippen MR) is 198 cm³/mol. The van der Waals surface area contributed by atoms with Crippen molar-refractivity contribution in [2.24, 2.45) is 0 Å². The van der Waals surface area contributed by atoms with Crippen LogP contribution in [0, 0.1) is 22.7 Å². The van der Waals surface area contributed by atoms with Crippen LogP contribution in [0.4, 0.5) is 4.79 Å². The van der Waals surface area contributed by atoms with Crippen molar-refractivity contribution in [3.8, 4) is 57.9 Å². The van der Waals surface area contributed by atoms with Crippen molar-refractivity contribution < 1.29 is 27.8 Å². The third-order valence-electron chi connectivity index (χ3n) is 7.63. The van der Waals surface area contributed by atoms with E-state index in [0.29, 0.717) is 50.4 Å². The highest BCUT2D eigenvalue weighted by molar-refractivity contribution is 9.10. The van der Waals surface area contributed by atoms with Crippen LogP contribution in [0.3, 0.4) is 0 Å². The van der Waals surface area contributed by atoms with E-state index in [1.807, 2.05) is 78.8 Å². The summed E-state index contributed by atoms with van der Waals surface area (Å²) in [6, 6.07) is 20.8. The quantitative estimate of drug-likeness (QED) is 0.161. The molecular weight excluding hydrogens is 726 g/mol. The number of nitrogens with one attached hydrogen (secondary N) is 1. The van der Waals surface area contributed by atoms with E-state index in [9.17, 15) is 10.1 Å². The van der Waals surface area contributed by atoms with E-state index in [1.54, 1.807) is 36.7 Å². The van der Waals surface area contributed by atoms with Crippen LogP contribution >= 0.6 is 15.9 Å². The number of aromatic nitrogens is 2. The van der Waals surface area contributed by atoms with Gasteiger partial charge in [-0.2, -0.15) is 10.5 Å². The van der Waals surface area contributed by atoms with Gasteiger partial charge in [-0.3, -0.25) is 0 Å². The van der Waals surface area contributed by atoms with Gasteiger partial charge in [0.25, 0.3) is 0 Å². The van der Waals surface area contributed by atoms with E-state index in [0.717, 1.165) is 35.1 Å². The number of alkyl carbamates (subject to hydrolysis) is 1. The lowest BCUT2D eigenvalue weighted by Gasteiger charge is -2.22. The Balaban J connectivity index is 0.000000244. The van der Waals surface area contributed by atoms with Gasteiger partial charge in [0.2, 0.25) is 11.8 Å². The molecule has 1 N–H and O–H groups in total. The van der Waals surface area contributed by atoms with Gasteiger partial charge in [-0.25, -0.2) is 14.8 Å². The second-order valence-electron chi connectivity index (χ2n) is 13.6. The standard InChI is InChI=1S/C27H29N3O4.C13H11BrN2O2/c1-16(2)32-23-12-9-17(13-18(23)14-28)25-29-15-24(33-25)21-8-6-7-20-19(21)10-11-22(20)30-26(31)34-27(3,4)5;1-8(2)17-11-4-3-9(5-10(11)6-15)13-16-7-12(14)18-13/h6-9,12-13,15-16,22H,10-11H2,1-5H3,(H,30,31);3-5,7-8H,1-2H3/t22-;/m1./s1. The van der Waals surface area contributed by atoms with Gasteiger partial charge < -0.3 is 28.4 Å². The maximum Gasteiger partial charge on any atom is 0.408 e. The molecule has 1 aliphatic rings. The molecule has 0 aliphatic heterocycles. The third-order valence-corrected chi connectivity index (χ3v) is 8.00. The first-order valence-electron chi connectivity index (χ1n) is 16.9. The number of nitrogens with zero attached hydrogens (tertiary/aromatic N) is 4. The fourth-order valence-corrected chi connectivity index (χ4v) is 5.87. The molecule has 2 heterocycles. The van der Waals surface area contributed by atoms with Gasteiger partial charge >= 0.3 is 6.09 Å². The molecule has 0 saturated heterocycles. The lowest BCUT2D eigenvalue weighted by Crippen LogP contribution is -2.34. The Morgan fingerprint density at radius 1 is 0.885 bits per heavy atom. The molecule has 11 nitrogen and oxygen atoms in total. The van der Waals surface area contributed by atoms with Crippen LogP contribution in [0.25, 0.3) is 34.2 Å². The second-order valence-corrected chi connectivity index (χ2v) is 14.4. The molecule has 2 aromatic heterocycles. The van der Waals surface area contributed by atoms with Crippen molar-refractivity contribution in [1.29, 1.82) is 10.5 Å².